The Morgan fingerprint density at radius 3 is 2.48 bits per heavy atom. The monoisotopic (exact) mass is 413 g/mol. The van der Waals surface area contributed by atoms with Crippen LogP contribution in [-0.4, -0.2) is 53.4 Å². The van der Waals surface area contributed by atoms with Crippen molar-refractivity contribution in [1.82, 2.24) is 25.6 Å². The number of halogens is 1. The highest BCUT2D eigenvalue weighted by atomic mass is 35.5. The fourth-order valence-electron chi connectivity index (χ4n) is 3.18. The molecule has 148 valence electrons. The smallest absolute Gasteiger partial charge is 0.242 e. The van der Waals surface area contributed by atoms with Crippen molar-refractivity contribution in [3.05, 3.63) is 42.2 Å². The summed E-state index contributed by atoms with van der Waals surface area (Å²) in [5.74, 6) is -0.469. The van der Waals surface area contributed by atoms with Gasteiger partial charge in [-0.15, -0.1) is 17.5 Å². The highest BCUT2D eigenvalue weighted by molar-refractivity contribution is 7.92. The van der Waals surface area contributed by atoms with E-state index in [2.05, 4.69) is 20.9 Å². The first-order valence-corrected chi connectivity index (χ1v) is 10.4. The maximum absolute atomic E-state index is 12.9. The Hall–Kier alpha value is -1.97. The maximum atomic E-state index is 12.9. The molecule has 2 aromatic rings. The standard InChI is InChI=1S/C17H23N5O3S.ClH/c1-13(15-12-22(21-20-15)14-6-4-3-5-7-14)19-16(23)17(26(2,24)25)8-10-18-11-9-17;/h3-7,12-13,18H,8-11H2,1-2H3,(H,19,23);1H. The summed E-state index contributed by atoms with van der Waals surface area (Å²) < 4.78 is 24.9. The first kappa shape index (κ1) is 21.3. The van der Waals surface area contributed by atoms with Crippen LogP contribution in [0.2, 0.25) is 0 Å². The van der Waals surface area contributed by atoms with Crippen LogP contribution in [0.4, 0.5) is 0 Å². The van der Waals surface area contributed by atoms with E-state index in [0.717, 1.165) is 11.9 Å². The zero-order chi connectivity index (χ0) is 18.8. The lowest BCUT2D eigenvalue weighted by Crippen LogP contribution is -2.57. The molecule has 0 radical (unpaired) electrons. The van der Waals surface area contributed by atoms with Gasteiger partial charge in [-0.3, -0.25) is 4.79 Å². The van der Waals surface area contributed by atoms with Crippen molar-refractivity contribution in [2.75, 3.05) is 19.3 Å². The SMILES string of the molecule is CC(NC(=O)C1(S(C)(=O)=O)CCNCC1)c1cn(-c2ccccc2)nn1.Cl. The molecule has 0 bridgehead atoms. The van der Waals surface area contributed by atoms with Crippen LogP contribution >= 0.6 is 12.4 Å². The average Bonchev–Trinajstić information content (AvgIpc) is 3.12. The molecule has 0 saturated carbocycles. The number of carbonyl (C=O) groups excluding carboxylic acids is 1. The van der Waals surface area contributed by atoms with Gasteiger partial charge in [0.05, 0.1) is 17.9 Å². The van der Waals surface area contributed by atoms with Gasteiger partial charge in [-0.2, -0.15) is 0 Å². The maximum Gasteiger partial charge on any atom is 0.242 e. The fourth-order valence-corrected chi connectivity index (χ4v) is 4.52. The summed E-state index contributed by atoms with van der Waals surface area (Å²) in [5.41, 5.74) is 1.43. The summed E-state index contributed by atoms with van der Waals surface area (Å²) in [4.78, 5) is 12.9. The van der Waals surface area contributed by atoms with Crippen LogP contribution < -0.4 is 10.6 Å². The molecule has 1 aromatic carbocycles. The van der Waals surface area contributed by atoms with E-state index in [-0.39, 0.29) is 25.2 Å². The number of carbonyl (C=O) groups is 1. The predicted octanol–water partition coefficient (Wildman–Crippen LogP) is 1.03. The number of piperidine rings is 1. The molecule has 3 rings (SSSR count). The van der Waals surface area contributed by atoms with Gasteiger partial charge in [0.1, 0.15) is 5.69 Å². The number of hydrogen-bond donors (Lipinski definition) is 2. The third kappa shape index (κ3) is 4.31. The predicted molar refractivity (Wildman–Crippen MR) is 105 cm³/mol. The molecule has 10 heteroatoms. The van der Waals surface area contributed by atoms with Crippen molar-refractivity contribution in [2.45, 2.75) is 30.6 Å². The average molecular weight is 414 g/mol. The van der Waals surface area contributed by atoms with E-state index in [9.17, 15) is 13.2 Å². The number of para-hydroxylation sites is 1. The van der Waals surface area contributed by atoms with Crippen LogP contribution in [-0.2, 0) is 14.6 Å². The second-order valence-electron chi connectivity index (χ2n) is 6.64. The Morgan fingerprint density at radius 2 is 1.89 bits per heavy atom. The van der Waals surface area contributed by atoms with Gasteiger partial charge in [0, 0.05) is 6.26 Å². The van der Waals surface area contributed by atoms with Crippen molar-refractivity contribution in [3.8, 4) is 5.69 Å². The van der Waals surface area contributed by atoms with Crippen LogP contribution in [0.15, 0.2) is 36.5 Å². The van der Waals surface area contributed by atoms with Crippen molar-refractivity contribution < 1.29 is 13.2 Å². The second-order valence-corrected chi connectivity index (χ2v) is 8.96. The number of hydrogen-bond acceptors (Lipinski definition) is 6. The van der Waals surface area contributed by atoms with E-state index >= 15 is 0 Å². The molecule has 1 amide bonds. The number of aromatic nitrogens is 3. The van der Waals surface area contributed by atoms with Gasteiger partial charge in [0.15, 0.2) is 14.6 Å². The van der Waals surface area contributed by atoms with Gasteiger partial charge < -0.3 is 10.6 Å². The topological polar surface area (TPSA) is 106 Å². The van der Waals surface area contributed by atoms with E-state index in [1.165, 1.54) is 0 Å². The largest absolute Gasteiger partial charge is 0.346 e. The Bertz CT molecular complexity index is 879. The lowest BCUT2D eigenvalue weighted by molar-refractivity contribution is -0.125. The molecular weight excluding hydrogens is 390 g/mol. The molecular formula is C17H24ClN5O3S. The molecule has 0 aliphatic carbocycles. The van der Waals surface area contributed by atoms with E-state index in [0.29, 0.717) is 18.8 Å². The molecule has 1 aliphatic rings. The summed E-state index contributed by atoms with van der Waals surface area (Å²) >= 11 is 0. The van der Waals surface area contributed by atoms with Gasteiger partial charge in [-0.1, -0.05) is 23.4 Å². The number of sulfone groups is 1. The summed E-state index contributed by atoms with van der Waals surface area (Å²) in [6.07, 6.45) is 3.40. The first-order chi connectivity index (χ1) is 12.3. The van der Waals surface area contributed by atoms with Crippen molar-refractivity contribution in [1.29, 1.82) is 0 Å². The molecule has 1 fully saturated rings. The third-order valence-electron chi connectivity index (χ3n) is 4.86. The minimum atomic E-state index is -3.55. The van der Waals surface area contributed by atoms with Crippen molar-refractivity contribution >= 4 is 28.2 Å². The highest BCUT2D eigenvalue weighted by Crippen LogP contribution is 2.29. The normalized spacial score (nSPS) is 17.6. The molecule has 2 N–H and O–H groups in total. The Kier molecular flexibility index (Phi) is 6.61. The summed E-state index contributed by atoms with van der Waals surface area (Å²) in [5, 5.41) is 14.1. The zero-order valence-electron chi connectivity index (χ0n) is 15.3. The second kappa shape index (κ2) is 8.37. The molecule has 1 saturated heterocycles. The molecule has 0 spiro atoms. The molecule has 1 aliphatic heterocycles. The first-order valence-electron chi connectivity index (χ1n) is 8.52. The summed E-state index contributed by atoms with van der Waals surface area (Å²) in [7, 11) is -3.55. The zero-order valence-corrected chi connectivity index (χ0v) is 16.9. The number of amides is 1. The Morgan fingerprint density at radius 1 is 1.26 bits per heavy atom. The van der Waals surface area contributed by atoms with Crippen molar-refractivity contribution in [2.24, 2.45) is 0 Å². The molecule has 1 aromatic heterocycles. The number of benzene rings is 1. The minimum Gasteiger partial charge on any atom is -0.346 e. The number of rotatable bonds is 5. The number of nitrogens with one attached hydrogen (secondary N) is 2. The summed E-state index contributed by atoms with van der Waals surface area (Å²) in [6, 6.07) is 9.05. The molecule has 1 unspecified atom stereocenters. The van der Waals surface area contributed by atoms with E-state index in [1.54, 1.807) is 17.8 Å². The van der Waals surface area contributed by atoms with Crippen molar-refractivity contribution in [3.63, 3.8) is 0 Å². The lowest BCUT2D eigenvalue weighted by Gasteiger charge is -2.35. The van der Waals surface area contributed by atoms with Gasteiger partial charge in [0.25, 0.3) is 0 Å². The minimum absolute atomic E-state index is 0. The third-order valence-corrected chi connectivity index (χ3v) is 6.87. The molecule has 8 nitrogen and oxygen atoms in total. The molecule has 2 heterocycles. The number of nitrogens with zero attached hydrogens (tertiary/aromatic N) is 3. The lowest BCUT2D eigenvalue weighted by atomic mass is 9.95. The summed E-state index contributed by atoms with van der Waals surface area (Å²) in [6.45, 7) is 2.77. The van der Waals surface area contributed by atoms with Gasteiger partial charge >= 0.3 is 0 Å². The van der Waals surface area contributed by atoms with Crippen LogP contribution in [0.25, 0.3) is 5.69 Å². The van der Waals surface area contributed by atoms with Gasteiger partial charge in [-0.25, -0.2) is 13.1 Å². The van der Waals surface area contributed by atoms with Crippen LogP contribution in [0.5, 0.6) is 0 Å². The van der Waals surface area contributed by atoms with Crippen LogP contribution in [0.1, 0.15) is 31.5 Å². The van der Waals surface area contributed by atoms with Gasteiger partial charge in [0.2, 0.25) is 5.91 Å². The van der Waals surface area contributed by atoms with Crippen LogP contribution in [0.3, 0.4) is 0 Å². The molecule has 27 heavy (non-hydrogen) atoms. The van der Waals surface area contributed by atoms with Crippen LogP contribution in [0, 0.1) is 0 Å². The Balaban J connectivity index is 0.00000261. The van der Waals surface area contributed by atoms with Gasteiger partial charge in [-0.05, 0) is 45.0 Å². The fraction of sp³-hybridized carbons (Fsp3) is 0.471. The van der Waals surface area contributed by atoms with E-state index < -0.39 is 26.5 Å². The quantitative estimate of drug-likeness (QED) is 0.758. The highest BCUT2D eigenvalue weighted by Gasteiger charge is 2.49. The molecule has 1 atom stereocenters. The van der Waals surface area contributed by atoms with E-state index in [4.69, 9.17) is 0 Å². The Labute approximate surface area is 165 Å². The van der Waals surface area contributed by atoms with E-state index in [1.807, 2.05) is 30.3 Å².